The van der Waals surface area contributed by atoms with Crippen LogP contribution in [-0.2, 0) is 32.6 Å². The molecule has 230 valence electrons. The fraction of sp³-hybridized carbons (Fsp3) is 0.235. The second-order valence-electron chi connectivity index (χ2n) is 10.8. The van der Waals surface area contributed by atoms with Crippen molar-refractivity contribution >= 4 is 50.7 Å². The van der Waals surface area contributed by atoms with E-state index in [0.29, 0.717) is 16.6 Å². The maximum atomic E-state index is 14.4. The van der Waals surface area contributed by atoms with Gasteiger partial charge in [-0.2, -0.15) is 0 Å². The Kier molecular flexibility index (Phi) is 11.4. The van der Waals surface area contributed by atoms with Crippen molar-refractivity contribution in [1.82, 2.24) is 10.2 Å². The van der Waals surface area contributed by atoms with Crippen molar-refractivity contribution in [2.24, 2.45) is 5.92 Å². The summed E-state index contributed by atoms with van der Waals surface area (Å²) in [5.74, 6) is -0.683. The third-order valence-electron chi connectivity index (χ3n) is 6.95. The van der Waals surface area contributed by atoms with Crippen LogP contribution in [0.1, 0.15) is 25.0 Å². The topological polar surface area (TPSA) is 86.8 Å². The molecule has 0 unspecified atom stereocenters. The highest BCUT2D eigenvalue weighted by Gasteiger charge is 2.34. The summed E-state index contributed by atoms with van der Waals surface area (Å²) in [5, 5.41) is 3.93. The molecular formula is C34H35Cl2N3O4S. The summed E-state index contributed by atoms with van der Waals surface area (Å²) >= 11 is 12.2. The SMILES string of the molecule is CC(C)CNC(=O)[C@H](Cc1ccccc1)N(Cc1ccc(Cl)cc1)C(=O)CN(c1ccc(Cl)cc1)S(=O)(=O)c1ccccc1. The molecule has 0 saturated heterocycles. The molecule has 1 N–H and O–H groups in total. The first kappa shape index (κ1) is 33.1. The standard InChI is InChI=1S/C34H35Cl2N3O4S/c1-25(2)22-37-34(41)32(21-26-9-5-3-6-10-26)38(23-27-13-15-28(35)16-14-27)33(40)24-39(30-19-17-29(36)18-20-30)44(42,43)31-11-7-4-8-12-31/h3-20,25,32H,21-24H2,1-2H3,(H,37,41)/t32-/m0/s1. The average Bonchev–Trinajstić information content (AvgIpc) is 3.02. The molecule has 0 aliphatic rings. The smallest absolute Gasteiger partial charge is 0.264 e. The van der Waals surface area contributed by atoms with Crippen molar-refractivity contribution < 1.29 is 18.0 Å². The summed E-state index contributed by atoms with van der Waals surface area (Å²) in [6.45, 7) is 3.91. The molecule has 0 aromatic heterocycles. The molecule has 1 atom stereocenters. The summed E-state index contributed by atoms with van der Waals surface area (Å²) < 4.78 is 29.0. The lowest BCUT2D eigenvalue weighted by atomic mass is 10.0. The van der Waals surface area contributed by atoms with E-state index >= 15 is 0 Å². The average molecular weight is 653 g/mol. The number of sulfonamides is 1. The Bertz CT molecular complexity index is 1630. The monoisotopic (exact) mass is 651 g/mol. The van der Waals surface area contributed by atoms with E-state index in [0.717, 1.165) is 15.4 Å². The van der Waals surface area contributed by atoms with Crippen molar-refractivity contribution in [2.75, 3.05) is 17.4 Å². The molecule has 0 aliphatic heterocycles. The molecule has 4 rings (SSSR count). The fourth-order valence-electron chi connectivity index (χ4n) is 4.62. The largest absolute Gasteiger partial charge is 0.354 e. The fourth-order valence-corrected chi connectivity index (χ4v) is 6.31. The third-order valence-corrected chi connectivity index (χ3v) is 9.24. The molecule has 0 aliphatic carbocycles. The van der Waals surface area contributed by atoms with Gasteiger partial charge in [0.1, 0.15) is 12.6 Å². The van der Waals surface area contributed by atoms with Gasteiger partial charge in [-0.15, -0.1) is 0 Å². The number of halogens is 2. The third kappa shape index (κ3) is 8.85. The summed E-state index contributed by atoms with van der Waals surface area (Å²) in [7, 11) is -4.18. The number of carbonyl (C=O) groups excluding carboxylic acids is 2. The van der Waals surface area contributed by atoms with Gasteiger partial charge < -0.3 is 10.2 Å². The summed E-state index contributed by atoms with van der Waals surface area (Å²) in [6.07, 6.45) is 0.233. The number of hydrogen-bond donors (Lipinski definition) is 1. The van der Waals surface area contributed by atoms with Crippen LogP contribution in [0.5, 0.6) is 0 Å². The predicted octanol–water partition coefficient (Wildman–Crippen LogP) is 6.60. The van der Waals surface area contributed by atoms with E-state index in [1.54, 1.807) is 66.7 Å². The molecular weight excluding hydrogens is 617 g/mol. The second-order valence-corrected chi connectivity index (χ2v) is 13.5. The Morgan fingerprint density at radius 2 is 1.30 bits per heavy atom. The van der Waals surface area contributed by atoms with Crippen LogP contribution in [0.15, 0.2) is 114 Å². The van der Waals surface area contributed by atoms with Gasteiger partial charge in [0.05, 0.1) is 10.6 Å². The zero-order valence-electron chi connectivity index (χ0n) is 24.6. The summed E-state index contributed by atoms with van der Waals surface area (Å²) in [5.41, 5.74) is 1.86. The minimum Gasteiger partial charge on any atom is -0.354 e. The maximum Gasteiger partial charge on any atom is 0.264 e. The van der Waals surface area contributed by atoms with Gasteiger partial charge in [-0.25, -0.2) is 8.42 Å². The van der Waals surface area contributed by atoms with Gasteiger partial charge >= 0.3 is 0 Å². The quantitative estimate of drug-likeness (QED) is 0.176. The molecule has 0 radical (unpaired) electrons. The van der Waals surface area contributed by atoms with Crippen molar-refractivity contribution in [3.05, 3.63) is 130 Å². The molecule has 2 amide bonds. The van der Waals surface area contributed by atoms with Gasteiger partial charge in [0.2, 0.25) is 11.8 Å². The number of carbonyl (C=O) groups is 2. The first-order valence-corrected chi connectivity index (χ1v) is 16.4. The summed E-state index contributed by atoms with van der Waals surface area (Å²) in [4.78, 5) is 29.7. The molecule has 44 heavy (non-hydrogen) atoms. The highest BCUT2D eigenvalue weighted by atomic mass is 35.5. The first-order valence-electron chi connectivity index (χ1n) is 14.2. The molecule has 4 aromatic carbocycles. The Balaban J connectivity index is 1.78. The predicted molar refractivity (Wildman–Crippen MR) is 176 cm³/mol. The molecule has 7 nitrogen and oxygen atoms in total. The minimum atomic E-state index is -4.18. The van der Waals surface area contributed by atoms with Crippen LogP contribution in [0, 0.1) is 5.92 Å². The lowest BCUT2D eigenvalue weighted by Crippen LogP contribution is -2.53. The van der Waals surface area contributed by atoms with Gasteiger partial charge in [0, 0.05) is 29.6 Å². The number of amides is 2. The van der Waals surface area contributed by atoms with Gasteiger partial charge in [-0.3, -0.25) is 13.9 Å². The molecule has 0 fully saturated rings. The van der Waals surface area contributed by atoms with Crippen LogP contribution >= 0.6 is 23.2 Å². The van der Waals surface area contributed by atoms with E-state index < -0.39 is 28.5 Å². The molecule has 10 heteroatoms. The molecule has 4 aromatic rings. The van der Waals surface area contributed by atoms with E-state index in [1.165, 1.54) is 17.0 Å². The van der Waals surface area contributed by atoms with Gasteiger partial charge in [0.25, 0.3) is 10.0 Å². The lowest BCUT2D eigenvalue weighted by Gasteiger charge is -2.34. The van der Waals surface area contributed by atoms with Crippen molar-refractivity contribution in [3.8, 4) is 0 Å². The Hall–Kier alpha value is -3.85. The maximum absolute atomic E-state index is 14.4. The lowest BCUT2D eigenvalue weighted by molar-refractivity contribution is -0.140. The van der Waals surface area contributed by atoms with E-state index in [1.807, 2.05) is 44.2 Å². The highest BCUT2D eigenvalue weighted by Crippen LogP contribution is 2.26. The van der Waals surface area contributed by atoms with Crippen LogP contribution in [0.2, 0.25) is 10.0 Å². The molecule has 0 heterocycles. The molecule has 0 spiro atoms. The van der Waals surface area contributed by atoms with Gasteiger partial charge in [-0.05, 0) is 65.6 Å². The number of nitrogens with one attached hydrogen (secondary N) is 1. The number of benzene rings is 4. The van der Waals surface area contributed by atoms with E-state index in [4.69, 9.17) is 23.2 Å². The molecule has 0 bridgehead atoms. The number of rotatable bonds is 13. The second kappa shape index (κ2) is 15.2. The Morgan fingerprint density at radius 1 is 0.750 bits per heavy atom. The molecule has 0 saturated carbocycles. The van der Waals surface area contributed by atoms with Gasteiger partial charge in [0.15, 0.2) is 0 Å². The van der Waals surface area contributed by atoms with Crippen LogP contribution in [-0.4, -0.2) is 44.3 Å². The minimum absolute atomic E-state index is 0.0301. The number of nitrogens with zero attached hydrogens (tertiary/aromatic N) is 2. The van der Waals surface area contributed by atoms with E-state index in [2.05, 4.69) is 5.32 Å². The number of anilines is 1. The Morgan fingerprint density at radius 3 is 1.86 bits per heavy atom. The van der Waals surface area contributed by atoms with Crippen LogP contribution < -0.4 is 9.62 Å². The van der Waals surface area contributed by atoms with Crippen LogP contribution in [0.4, 0.5) is 5.69 Å². The zero-order valence-corrected chi connectivity index (χ0v) is 26.9. The van der Waals surface area contributed by atoms with Gasteiger partial charge in [-0.1, -0.05) is 97.7 Å². The highest BCUT2D eigenvalue weighted by molar-refractivity contribution is 7.92. The summed E-state index contributed by atoms with van der Waals surface area (Å²) in [6, 6.07) is 29.6. The van der Waals surface area contributed by atoms with E-state index in [9.17, 15) is 18.0 Å². The first-order chi connectivity index (χ1) is 21.0. The van der Waals surface area contributed by atoms with Crippen LogP contribution in [0.25, 0.3) is 0 Å². The Labute approximate surface area is 269 Å². The van der Waals surface area contributed by atoms with E-state index in [-0.39, 0.29) is 35.4 Å². The zero-order chi connectivity index (χ0) is 31.7. The van der Waals surface area contributed by atoms with Crippen molar-refractivity contribution in [3.63, 3.8) is 0 Å². The normalized spacial score (nSPS) is 12.0. The van der Waals surface area contributed by atoms with Crippen molar-refractivity contribution in [1.29, 1.82) is 0 Å². The number of hydrogen-bond acceptors (Lipinski definition) is 4. The van der Waals surface area contributed by atoms with Crippen LogP contribution in [0.3, 0.4) is 0 Å². The van der Waals surface area contributed by atoms with Crippen molar-refractivity contribution in [2.45, 2.75) is 37.8 Å².